The molecule has 0 fully saturated rings. The van der Waals surface area contributed by atoms with Crippen LogP contribution in [0.25, 0.3) is 0 Å². The first-order chi connectivity index (χ1) is 12.5. The summed E-state index contributed by atoms with van der Waals surface area (Å²) in [5.74, 6) is 0.656. The number of halogens is 2. The number of rotatable bonds is 6. The molecule has 1 heterocycles. The average Bonchev–Trinajstić information content (AvgIpc) is 3.13. The van der Waals surface area contributed by atoms with E-state index >= 15 is 0 Å². The van der Waals surface area contributed by atoms with Gasteiger partial charge in [0.1, 0.15) is 23.9 Å². The molecule has 0 atom stereocenters. The molecule has 0 spiro atoms. The molecule has 26 heavy (non-hydrogen) atoms. The SMILES string of the molecule is COc1ccc(OCc2csc(C(=O)Nc3ccc(F)c(Cl)c3)c2)cc1. The van der Waals surface area contributed by atoms with Crippen LogP contribution >= 0.6 is 22.9 Å². The third-order valence-corrected chi connectivity index (χ3v) is 4.79. The van der Waals surface area contributed by atoms with Crippen LogP contribution < -0.4 is 14.8 Å². The van der Waals surface area contributed by atoms with Crippen LogP contribution in [-0.2, 0) is 6.61 Å². The Balaban J connectivity index is 1.59. The van der Waals surface area contributed by atoms with E-state index in [1.807, 2.05) is 29.6 Å². The van der Waals surface area contributed by atoms with Gasteiger partial charge in [-0.15, -0.1) is 11.3 Å². The molecule has 0 bridgehead atoms. The maximum atomic E-state index is 13.2. The molecule has 134 valence electrons. The smallest absolute Gasteiger partial charge is 0.265 e. The van der Waals surface area contributed by atoms with Crippen molar-refractivity contribution in [3.05, 3.63) is 75.2 Å². The van der Waals surface area contributed by atoms with Crippen LogP contribution in [0.4, 0.5) is 10.1 Å². The Morgan fingerprint density at radius 1 is 1.15 bits per heavy atom. The minimum absolute atomic E-state index is 0.0393. The Hall–Kier alpha value is -2.57. The fraction of sp³-hybridized carbons (Fsp3) is 0.105. The highest BCUT2D eigenvalue weighted by molar-refractivity contribution is 7.12. The van der Waals surface area contributed by atoms with Crippen LogP contribution in [0.2, 0.25) is 5.02 Å². The average molecular weight is 392 g/mol. The van der Waals surface area contributed by atoms with E-state index in [0.717, 1.165) is 11.3 Å². The molecule has 0 radical (unpaired) electrons. The van der Waals surface area contributed by atoms with E-state index in [2.05, 4.69) is 5.32 Å². The van der Waals surface area contributed by atoms with Gasteiger partial charge in [0.15, 0.2) is 0 Å². The molecule has 3 rings (SSSR count). The van der Waals surface area contributed by atoms with Gasteiger partial charge in [-0.1, -0.05) is 11.6 Å². The third-order valence-electron chi connectivity index (χ3n) is 3.52. The summed E-state index contributed by atoms with van der Waals surface area (Å²) in [7, 11) is 1.60. The Bertz CT molecular complexity index is 911. The lowest BCUT2D eigenvalue weighted by Crippen LogP contribution is -2.10. The van der Waals surface area contributed by atoms with E-state index in [1.165, 1.54) is 29.5 Å². The van der Waals surface area contributed by atoms with Crippen molar-refractivity contribution in [3.8, 4) is 11.5 Å². The van der Waals surface area contributed by atoms with Gasteiger partial charge in [0.25, 0.3) is 5.91 Å². The minimum atomic E-state index is -0.529. The Kier molecular flexibility index (Phi) is 5.75. The quantitative estimate of drug-likeness (QED) is 0.613. The summed E-state index contributed by atoms with van der Waals surface area (Å²) in [4.78, 5) is 12.8. The maximum Gasteiger partial charge on any atom is 0.265 e. The second kappa shape index (κ2) is 8.21. The van der Waals surface area contributed by atoms with Crippen molar-refractivity contribution in [1.82, 2.24) is 0 Å². The Morgan fingerprint density at radius 2 is 1.88 bits per heavy atom. The number of carbonyl (C=O) groups excluding carboxylic acids is 1. The molecule has 0 saturated heterocycles. The number of thiophene rings is 1. The summed E-state index contributed by atoms with van der Waals surface area (Å²) in [6.07, 6.45) is 0. The first-order valence-corrected chi connectivity index (χ1v) is 8.91. The number of benzene rings is 2. The van der Waals surface area contributed by atoms with Crippen LogP contribution in [0.5, 0.6) is 11.5 Å². The highest BCUT2D eigenvalue weighted by atomic mass is 35.5. The fourth-order valence-electron chi connectivity index (χ4n) is 2.18. The van der Waals surface area contributed by atoms with E-state index in [9.17, 15) is 9.18 Å². The minimum Gasteiger partial charge on any atom is -0.497 e. The molecule has 0 unspecified atom stereocenters. The summed E-state index contributed by atoms with van der Waals surface area (Å²) in [6.45, 7) is 0.346. The van der Waals surface area contributed by atoms with Crippen molar-refractivity contribution in [2.75, 3.05) is 12.4 Å². The molecule has 7 heteroatoms. The number of hydrogen-bond acceptors (Lipinski definition) is 4. The van der Waals surface area contributed by atoms with Gasteiger partial charge in [-0.05, 0) is 53.9 Å². The number of carbonyl (C=O) groups is 1. The molecule has 3 aromatic rings. The van der Waals surface area contributed by atoms with Gasteiger partial charge in [0.05, 0.1) is 17.0 Å². The molecule has 4 nitrogen and oxygen atoms in total. The lowest BCUT2D eigenvalue weighted by Gasteiger charge is -2.06. The van der Waals surface area contributed by atoms with Crippen LogP contribution in [0.1, 0.15) is 15.2 Å². The van der Waals surface area contributed by atoms with Crippen LogP contribution in [0.3, 0.4) is 0 Å². The topological polar surface area (TPSA) is 47.6 Å². The molecular weight excluding hydrogens is 377 g/mol. The van der Waals surface area contributed by atoms with E-state index in [4.69, 9.17) is 21.1 Å². The molecular formula is C19H15ClFNO3S. The van der Waals surface area contributed by atoms with Crippen molar-refractivity contribution in [2.24, 2.45) is 0 Å². The van der Waals surface area contributed by atoms with Crippen molar-refractivity contribution >= 4 is 34.5 Å². The van der Waals surface area contributed by atoms with Gasteiger partial charge < -0.3 is 14.8 Å². The molecule has 1 N–H and O–H groups in total. The highest BCUT2D eigenvalue weighted by Crippen LogP contribution is 2.23. The van der Waals surface area contributed by atoms with Crippen molar-refractivity contribution < 1.29 is 18.7 Å². The van der Waals surface area contributed by atoms with E-state index in [-0.39, 0.29) is 10.9 Å². The summed E-state index contributed by atoms with van der Waals surface area (Å²) >= 11 is 7.02. The van der Waals surface area contributed by atoms with Crippen LogP contribution in [-0.4, -0.2) is 13.0 Å². The van der Waals surface area contributed by atoms with Crippen molar-refractivity contribution in [1.29, 1.82) is 0 Å². The summed E-state index contributed by atoms with van der Waals surface area (Å²) in [5.41, 5.74) is 1.32. The van der Waals surface area contributed by atoms with Gasteiger partial charge >= 0.3 is 0 Å². The van der Waals surface area contributed by atoms with Crippen molar-refractivity contribution in [2.45, 2.75) is 6.61 Å². The second-order valence-electron chi connectivity index (χ2n) is 5.37. The number of methoxy groups -OCH3 is 1. The number of anilines is 1. The van der Waals surface area contributed by atoms with Crippen LogP contribution in [0.15, 0.2) is 53.9 Å². The summed E-state index contributed by atoms with van der Waals surface area (Å²) in [5, 5.41) is 4.51. The van der Waals surface area contributed by atoms with Gasteiger partial charge in [-0.25, -0.2) is 4.39 Å². The van der Waals surface area contributed by atoms with Gasteiger partial charge in [0, 0.05) is 11.3 Å². The van der Waals surface area contributed by atoms with Crippen molar-refractivity contribution in [3.63, 3.8) is 0 Å². The zero-order valence-corrected chi connectivity index (χ0v) is 15.4. The predicted molar refractivity (Wildman–Crippen MR) is 101 cm³/mol. The molecule has 0 aliphatic carbocycles. The standard InChI is InChI=1S/C19H15ClFNO3S/c1-24-14-3-5-15(6-4-14)25-10-12-8-18(26-11-12)19(23)22-13-2-7-17(21)16(20)9-13/h2-9,11H,10H2,1H3,(H,22,23). The number of amides is 1. The second-order valence-corrected chi connectivity index (χ2v) is 6.68. The predicted octanol–water partition coefficient (Wildman–Crippen LogP) is 5.38. The highest BCUT2D eigenvalue weighted by Gasteiger charge is 2.11. The monoisotopic (exact) mass is 391 g/mol. The Labute approximate surface area is 159 Å². The Morgan fingerprint density at radius 3 is 2.58 bits per heavy atom. The third kappa shape index (κ3) is 4.53. The normalized spacial score (nSPS) is 10.4. The number of nitrogens with one attached hydrogen (secondary N) is 1. The van der Waals surface area contributed by atoms with Gasteiger partial charge in [-0.3, -0.25) is 4.79 Å². The van der Waals surface area contributed by atoms with E-state index < -0.39 is 5.82 Å². The lowest BCUT2D eigenvalue weighted by molar-refractivity contribution is 0.103. The summed E-state index contributed by atoms with van der Waals surface area (Å²) in [6, 6.07) is 13.1. The van der Waals surface area contributed by atoms with Crippen LogP contribution in [0, 0.1) is 5.82 Å². The lowest BCUT2D eigenvalue weighted by atomic mass is 10.3. The molecule has 0 aliphatic rings. The zero-order valence-electron chi connectivity index (χ0n) is 13.8. The first-order valence-electron chi connectivity index (χ1n) is 7.66. The number of hydrogen-bond donors (Lipinski definition) is 1. The van der Waals surface area contributed by atoms with Gasteiger partial charge in [0.2, 0.25) is 0 Å². The largest absolute Gasteiger partial charge is 0.497 e. The number of ether oxygens (including phenoxy) is 2. The molecule has 2 aromatic carbocycles. The van der Waals surface area contributed by atoms with E-state index in [1.54, 1.807) is 13.2 Å². The summed E-state index contributed by atoms with van der Waals surface area (Å²) < 4.78 is 24.0. The fourth-order valence-corrected chi connectivity index (χ4v) is 3.15. The van der Waals surface area contributed by atoms with E-state index in [0.29, 0.717) is 22.9 Å². The molecule has 1 aromatic heterocycles. The maximum absolute atomic E-state index is 13.2. The zero-order chi connectivity index (χ0) is 18.5. The van der Waals surface area contributed by atoms with Gasteiger partial charge in [-0.2, -0.15) is 0 Å². The molecule has 0 aliphatic heterocycles. The molecule has 0 saturated carbocycles. The molecule has 1 amide bonds. The first kappa shape index (κ1) is 18.2.